The second kappa shape index (κ2) is 6.48. The average molecular weight is 309 g/mol. The van der Waals surface area contributed by atoms with Crippen molar-refractivity contribution in [3.63, 3.8) is 0 Å². The first kappa shape index (κ1) is 15.0. The largest absolute Gasteiger partial charge is 0.307 e. The van der Waals surface area contributed by atoms with Crippen molar-refractivity contribution < 1.29 is 4.79 Å². The lowest BCUT2D eigenvalue weighted by molar-refractivity contribution is -0.119. The van der Waals surface area contributed by atoms with Crippen LogP contribution in [0.25, 0.3) is 11.1 Å². The first-order valence-corrected chi connectivity index (χ1v) is 7.61. The Morgan fingerprint density at radius 3 is 2.70 bits per heavy atom. The molecule has 2 heterocycles. The van der Waals surface area contributed by atoms with E-state index in [1.165, 1.54) is 0 Å². The Morgan fingerprint density at radius 1 is 1.22 bits per heavy atom. The highest BCUT2D eigenvalue weighted by atomic mass is 16.2. The minimum Gasteiger partial charge on any atom is -0.307 e. The second-order valence-electron chi connectivity index (χ2n) is 5.30. The molecular formula is C17H19N5O. The molecule has 0 radical (unpaired) electrons. The summed E-state index contributed by atoms with van der Waals surface area (Å²) in [6.45, 7) is 4.58. The summed E-state index contributed by atoms with van der Waals surface area (Å²) in [5.41, 5.74) is 2.06. The quantitative estimate of drug-likeness (QED) is 0.788. The number of aryl methyl sites for hydroxylation is 1. The molecule has 6 heteroatoms. The predicted molar refractivity (Wildman–Crippen MR) is 88.9 cm³/mol. The SMILES string of the molecule is CCn1ccc(NC(=O)[C@H](C)n2cc(-c3ccccc3)cn2)n1. The van der Waals surface area contributed by atoms with Gasteiger partial charge in [-0.1, -0.05) is 30.3 Å². The van der Waals surface area contributed by atoms with Crippen LogP contribution < -0.4 is 5.32 Å². The number of amides is 1. The lowest BCUT2D eigenvalue weighted by Crippen LogP contribution is -2.24. The molecule has 0 aliphatic carbocycles. The van der Waals surface area contributed by atoms with Crippen LogP contribution in [0.2, 0.25) is 0 Å². The van der Waals surface area contributed by atoms with Gasteiger partial charge >= 0.3 is 0 Å². The number of rotatable bonds is 5. The summed E-state index contributed by atoms with van der Waals surface area (Å²) in [5.74, 6) is 0.410. The van der Waals surface area contributed by atoms with Crippen LogP contribution in [0.15, 0.2) is 55.0 Å². The molecule has 2 aromatic heterocycles. The van der Waals surface area contributed by atoms with Crippen LogP contribution in [0.5, 0.6) is 0 Å². The van der Waals surface area contributed by atoms with Crippen molar-refractivity contribution in [2.75, 3.05) is 5.32 Å². The molecule has 1 aromatic carbocycles. The molecule has 0 unspecified atom stereocenters. The fourth-order valence-electron chi connectivity index (χ4n) is 2.28. The van der Waals surface area contributed by atoms with Gasteiger partial charge in [0, 0.05) is 30.6 Å². The zero-order valence-electron chi connectivity index (χ0n) is 13.2. The van der Waals surface area contributed by atoms with Crippen molar-refractivity contribution in [2.24, 2.45) is 0 Å². The van der Waals surface area contributed by atoms with E-state index < -0.39 is 6.04 Å². The molecule has 1 amide bonds. The van der Waals surface area contributed by atoms with Crippen LogP contribution in [0.1, 0.15) is 19.9 Å². The highest BCUT2D eigenvalue weighted by Gasteiger charge is 2.17. The molecule has 1 N–H and O–H groups in total. The number of hydrogen-bond acceptors (Lipinski definition) is 3. The Labute approximate surface area is 134 Å². The Balaban J connectivity index is 1.71. The van der Waals surface area contributed by atoms with Gasteiger partial charge in [0.1, 0.15) is 6.04 Å². The maximum atomic E-state index is 12.3. The number of nitrogens with zero attached hydrogens (tertiary/aromatic N) is 4. The zero-order valence-corrected chi connectivity index (χ0v) is 13.2. The zero-order chi connectivity index (χ0) is 16.2. The molecular weight excluding hydrogens is 290 g/mol. The van der Waals surface area contributed by atoms with Gasteiger partial charge < -0.3 is 5.32 Å². The molecule has 0 aliphatic heterocycles. The van der Waals surface area contributed by atoms with E-state index in [1.54, 1.807) is 21.6 Å². The predicted octanol–water partition coefficient (Wildman–Crippen LogP) is 2.97. The normalized spacial score (nSPS) is 12.1. The van der Waals surface area contributed by atoms with E-state index in [0.29, 0.717) is 5.82 Å². The molecule has 118 valence electrons. The summed E-state index contributed by atoms with van der Waals surface area (Å²) in [6.07, 6.45) is 5.48. The summed E-state index contributed by atoms with van der Waals surface area (Å²) in [6, 6.07) is 11.3. The number of aromatic nitrogens is 4. The molecule has 0 fully saturated rings. The van der Waals surface area contributed by atoms with Gasteiger partial charge in [-0.15, -0.1) is 0 Å². The number of carbonyl (C=O) groups is 1. The van der Waals surface area contributed by atoms with Gasteiger partial charge in [0.15, 0.2) is 5.82 Å². The van der Waals surface area contributed by atoms with Crippen LogP contribution in [0.4, 0.5) is 5.82 Å². The van der Waals surface area contributed by atoms with E-state index in [1.807, 2.05) is 56.6 Å². The van der Waals surface area contributed by atoms with Gasteiger partial charge in [0.05, 0.1) is 6.20 Å². The Kier molecular flexibility index (Phi) is 4.23. The maximum Gasteiger partial charge on any atom is 0.250 e. The molecule has 1 atom stereocenters. The number of benzene rings is 1. The smallest absolute Gasteiger partial charge is 0.250 e. The van der Waals surface area contributed by atoms with E-state index in [4.69, 9.17) is 0 Å². The minimum atomic E-state index is -0.417. The van der Waals surface area contributed by atoms with Crippen molar-refractivity contribution in [3.8, 4) is 11.1 Å². The van der Waals surface area contributed by atoms with E-state index in [-0.39, 0.29) is 5.91 Å². The molecule has 23 heavy (non-hydrogen) atoms. The van der Waals surface area contributed by atoms with Gasteiger partial charge in [-0.3, -0.25) is 14.2 Å². The summed E-state index contributed by atoms with van der Waals surface area (Å²) >= 11 is 0. The highest BCUT2D eigenvalue weighted by molar-refractivity contribution is 5.92. The van der Waals surface area contributed by atoms with Gasteiger partial charge in [-0.2, -0.15) is 10.2 Å². The van der Waals surface area contributed by atoms with Crippen molar-refractivity contribution in [2.45, 2.75) is 26.4 Å². The molecule has 0 bridgehead atoms. The van der Waals surface area contributed by atoms with Crippen molar-refractivity contribution in [1.82, 2.24) is 19.6 Å². The first-order chi connectivity index (χ1) is 11.2. The minimum absolute atomic E-state index is 0.144. The van der Waals surface area contributed by atoms with Gasteiger partial charge in [0.25, 0.3) is 0 Å². The Hall–Kier alpha value is -2.89. The van der Waals surface area contributed by atoms with Crippen LogP contribution in [-0.2, 0) is 11.3 Å². The number of carbonyl (C=O) groups excluding carboxylic acids is 1. The fourth-order valence-corrected chi connectivity index (χ4v) is 2.28. The summed E-state index contributed by atoms with van der Waals surface area (Å²) in [5, 5.41) is 11.4. The monoisotopic (exact) mass is 309 g/mol. The molecule has 3 rings (SSSR count). The molecule has 3 aromatic rings. The summed E-state index contributed by atoms with van der Waals surface area (Å²) in [4.78, 5) is 12.3. The van der Waals surface area contributed by atoms with Gasteiger partial charge in [-0.25, -0.2) is 0 Å². The van der Waals surface area contributed by atoms with E-state index in [0.717, 1.165) is 17.7 Å². The highest BCUT2D eigenvalue weighted by Crippen LogP contribution is 2.20. The molecule has 0 aliphatic rings. The van der Waals surface area contributed by atoms with Crippen LogP contribution >= 0.6 is 0 Å². The maximum absolute atomic E-state index is 12.3. The van der Waals surface area contributed by atoms with E-state index in [2.05, 4.69) is 15.5 Å². The summed E-state index contributed by atoms with van der Waals surface area (Å²) in [7, 11) is 0. The average Bonchev–Trinajstić information content (AvgIpc) is 3.24. The number of hydrogen-bond donors (Lipinski definition) is 1. The fraction of sp³-hybridized carbons (Fsp3) is 0.235. The number of nitrogens with one attached hydrogen (secondary N) is 1. The second-order valence-corrected chi connectivity index (χ2v) is 5.30. The van der Waals surface area contributed by atoms with E-state index >= 15 is 0 Å². The third kappa shape index (κ3) is 3.31. The summed E-state index contributed by atoms with van der Waals surface area (Å²) < 4.78 is 3.43. The molecule has 6 nitrogen and oxygen atoms in total. The van der Waals surface area contributed by atoms with Crippen LogP contribution in [0, 0.1) is 0 Å². The van der Waals surface area contributed by atoms with E-state index in [9.17, 15) is 4.79 Å². The van der Waals surface area contributed by atoms with Gasteiger partial charge in [-0.05, 0) is 19.4 Å². The topological polar surface area (TPSA) is 64.7 Å². The third-order valence-corrected chi connectivity index (χ3v) is 3.70. The van der Waals surface area contributed by atoms with Crippen LogP contribution in [0.3, 0.4) is 0 Å². The Bertz CT molecular complexity index is 790. The standard InChI is InChI=1S/C17H19N5O/c1-3-21-10-9-16(20-21)19-17(23)13(2)22-12-15(11-18-22)14-7-5-4-6-8-14/h4-13H,3H2,1-2H3,(H,19,20,23)/t13-/m0/s1. The Morgan fingerprint density at radius 2 is 2.00 bits per heavy atom. The molecule has 0 saturated carbocycles. The molecule has 0 saturated heterocycles. The molecule has 0 spiro atoms. The van der Waals surface area contributed by atoms with Crippen molar-refractivity contribution >= 4 is 11.7 Å². The van der Waals surface area contributed by atoms with Crippen molar-refractivity contribution in [1.29, 1.82) is 0 Å². The lowest BCUT2D eigenvalue weighted by atomic mass is 10.1. The van der Waals surface area contributed by atoms with Crippen LogP contribution in [-0.4, -0.2) is 25.5 Å². The van der Waals surface area contributed by atoms with Crippen molar-refractivity contribution in [3.05, 3.63) is 55.0 Å². The third-order valence-electron chi connectivity index (χ3n) is 3.70. The number of anilines is 1. The van der Waals surface area contributed by atoms with Gasteiger partial charge in [0.2, 0.25) is 5.91 Å². The first-order valence-electron chi connectivity index (χ1n) is 7.61. The lowest BCUT2D eigenvalue weighted by Gasteiger charge is -2.11.